The molecule has 0 spiro atoms. The van der Waals surface area contributed by atoms with Crippen molar-refractivity contribution < 1.29 is 29.3 Å². The molecule has 5 N–H and O–H groups in total. The lowest BCUT2D eigenvalue weighted by Gasteiger charge is -2.29. The van der Waals surface area contributed by atoms with Gasteiger partial charge < -0.3 is 20.8 Å². The Morgan fingerprint density at radius 1 is 1.28 bits per heavy atom. The Morgan fingerprint density at radius 3 is 2.11 bits per heavy atom. The minimum absolute atomic E-state index is 0.159. The highest BCUT2D eigenvalue weighted by atomic mass is 31.2. The van der Waals surface area contributed by atoms with Crippen molar-refractivity contribution in [3.05, 3.63) is 0 Å². The molecule has 106 valence electrons. The van der Waals surface area contributed by atoms with Gasteiger partial charge in [0.05, 0.1) is 6.42 Å². The van der Waals surface area contributed by atoms with Gasteiger partial charge in [-0.25, -0.2) is 0 Å². The summed E-state index contributed by atoms with van der Waals surface area (Å²) in [5.41, 5.74) is 4.13. The van der Waals surface area contributed by atoms with Crippen molar-refractivity contribution in [2.24, 2.45) is 11.7 Å². The third kappa shape index (κ3) is 5.16. The van der Waals surface area contributed by atoms with E-state index in [1.54, 1.807) is 13.8 Å². The third-order valence-corrected chi connectivity index (χ3v) is 4.82. The predicted octanol–water partition coefficient (Wildman–Crippen LogP) is 0.560. The van der Waals surface area contributed by atoms with Crippen molar-refractivity contribution in [3.8, 4) is 0 Å². The zero-order valence-corrected chi connectivity index (χ0v) is 11.4. The zero-order chi connectivity index (χ0) is 14.6. The van der Waals surface area contributed by atoms with E-state index in [4.69, 9.17) is 15.9 Å². The molecule has 0 aromatic carbocycles. The molecule has 0 radical (unpaired) electrons. The molecular weight excluding hydrogens is 261 g/mol. The fraction of sp³-hybridized carbons (Fsp3) is 0.800. The summed E-state index contributed by atoms with van der Waals surface area (Å²) >= 11 is 0. The van der Waals surface area contributed by atoms with E-state index in [-0.39, 0.29) is 18.7 Å². The number of nitrogens with two attached hydrogens (primary N) is 1. The quantitative estimate of drug-likeness (QED) is 0.477. The third-order valence-electron chi connectivity index (χ3n) is 2.98. The van der Waals surface area contributed by atoms with Crippen molar-refractivity contribution in [1.29, 1.82) is 0 Å². The fourth-order valence-corrected chi connectivity index (χ4v) is 2.87. The van der Waals surface area contributed by atoms with Crippen LogP contribution in [0.2, 0.25) is 0 Å². The van der Waals surface area contributed by atoms with Crippen LogP contribution in [0.25, 0.3) is 0 Å². The molecule has 0 fully saturated rings. The first kappa shape index (κ1) is 17.1. The average Bonchev–Trinajstić information content (AvgIpc) is 2.23. The molecule has 0 aliphatic heterocycles. The summed E-state index contributed by atoms with van der Waals surface area (Å²) in [5, 5.41) is 17.5. The Hall–Kier alpha value is -0.910. The van der Waals surface area contributed by atoms with Gasteiger partial charge in [0.25, 0.3) is 0 Å². The van der Waals surface area contributed by atoms with Gasteiger partial charge in [-0.1, -0.05) is 13.8 Å². The smallest absolute Gasteiger partial charge is 0.323 e. The highest BCUT2D eigenvalue weighted by Crippen LogP contribution is 2.43. The molecule has 0 aromatic heterocycles. The summed E-state index contributed by atoms with van der Waals surface area (Å²) in [5.74, 6) is -2.78. The molecule has 0 heterocycles. The first-order valence-corrected chi connectivity index (χ1v) is 7.59. The molecular formula is C10H20NO6P. The van der Waals surface area contributed by atoms with Crippen LogP contribution in [0.1, 0.15) is 26.7 Å². The molecule has 0 aliphatic carbocycles. The summed E-state index contributed by atoms with van der Waals surface area (Å²) in [4.78, 5) is 30.9. The number of carbonyl (C=O) groups is 2. The van der Waals surface area contributed by atoms with E-state index in [9.17, 15) is 19.0 Å². The minimum atomic E-state index is -3.65. The molecule has 0 rings (SSSR count). The molecule has 0 bridgehead atoms. The average molecular weight is 281 g/mol. The largest absolute Gasteiger partial charge is 0.481 e. The van der Waals surface area contributed by atoms with E-state index >= 15 is 0 Å². The Kier molecular flexibility index (Phi) is 5.99. The number of aliphatic carboxylic acids is 2. The maximum Gasteiger partial charge on any atom is 0.323 e. The maximum atomic E-state index is 11.7. The van der Waals surface area contributed by atoms with Gasteiger partial charge >= 0.3 is 11.9 Å². The molecule has 0 aromatic rings. The van der Waals surface area contributed by atoms with Crippen LogP contribution >= 0.6 is 7.37 Å². The first-order chi connectivity index (χ1) is 8.01. The van der Waals surface area contributed by atoms with Gasteiger partial charge in [0, 0.05) is 12.3 Å². The second-order valence-corrected chi connectivity index (χ2v) is 7.27. The van der Waals surface area contributed by atoms with Crippen LogP contribution in [0.5, 0.6) is 0 Å². The van der Waals surface area contributed by atoms with Crippen LogP contribution in [0.4, 0.5) is 0 Å². The summed E-state index contributed by atoms with van der Waals surface area (Å²) in [7, 11) is -3.65. The van der Waals surface area contributed by atoms with E-state index in [2.05, 4.69) is 0 Å². The Balaban J connectivity index is 4.58. The van der Waals surface area contributed by atoms with Crippen LogP contribution in [0.3, 0.4) is 0 Å². The second-order valence-electron chi connectivity index (χ2n) is 4.69. The summed E-state index contributed by atoms with van der Waals surface area (Å²) in [6.07, 6.45) is -1.23. The van der Waals surface area contributed by atoms with Crippen LogP contribution in [0, 0.1) is 5.92 Å². The number of rotatable bonds is 8. The van der Waals surface area contributed by atoms with E-state index < -0.39 is 37.2 Å². The Bertz CT molecular complexity index is 369. The van der Waals surface area contributed by atoms with Crippen LogP contribution in [-0.4, -0.2) is 44.9 Å². The van der Waals surface area contributed by atoms with Gasteiger partial charge in [-0.2, -0.15) is 0 Å². The van der Waals surface area contributed by atoms with Gasteiger partial charge in [0.15, 0.2) is 0 Å². The topological polar surface area (TPSA) is 138 Å². The van der Waals surface area contributed by atoms with Gasteiger partial charge in [0.1, 0.15) is 5.54 Å². The number of hydrogen-bond acceptors (Lipinski definition) is 4. The molecule has 0 aliphatic rings. The van der Waals surface area contributed by atoms with Gasteiger partial charge in [0.2, 0.25) is 7.37 Å². The SMILES string of the molecule is CC(C)[C@@](N)(CCP(=O)(O)CCC(=O)O)C(=O)O. The lowest BCUT2D eigenvalue weighted by Crippen LogP contribution is -2.53. The van der Waals surface area contributed by atoms with Crippen LogP contribution < -0.4 is 5.73 Å². The lowest BCUT2D eigenvalue weighted by molar-refractivity contribution is -0.145. The van der Waals surface area contributed by atoms with E-state index in [1.807, 2.05) is 0 Å². The highest BCUT2D eigenvalue weighted by Gasteiger charge is 2.39. The summed E-state index contributed by atoms with van der Waals surface area (Å²) in [6, 6.07) is 0. The Morgan fingerprint density at radius 2 is 1.78 bits per heavy atom. The van der Waals surface area contributed by atoms with Gasteiger partial charge in [-0.05, 0) is 12.3 Å². The van der Waals surface area contributed by atoms with Gasteiger partial charge in [-0.15, -0.1) is 0 Å². The highest BCUT2D eigenvalue weighted by molar-refractivity contribution is 7.58. The summed E-state index contributed by atoms with van der Waals surface area (Å²) in [6.45, 7) is 3.24. The molecule has 0 amide bonds. The molecule has 2 atom stereocenters. The van der Waals surface area contributed by atoms with Crippen molar-refractivity contribution in [1.82, 2.24) is 0 Å². The second kappa shape index (κ2) is 6.31. The number of hydrogen-bond donors (Lipinski definition) is 4. The number of carboxylic acid groups (broad SMARTS) is 2. The van der Waals surface area contributed by atoms with Crippen LogP contribution in [0.15, 0.2) is 0 Å². The van der Waals surface area contributed by atoms with Crippen molar-refractivity contribution in [2.45, 2.75) is 32.2 Å². The number of carboxylic acids is 2. The maximum absolute atomic E-state index is 11.7. The lowest BCUT2D eigenvalue weighted by atomic mass is 9.85. The molecule has 1 unspecified atom stereocenters. The zero-order valence-electron chi connectivity index (χ0n) is 10.5. The van der Waals surface area contributed by atoms with Gasteiger partial charge in [-0.3, -0.25) is 14.2 Å². The summed E-state index contributed by atoms with van der Waals surface area (Å²) < 4.78 is 11.7. The molecule has 8 heteroatoms. The standard InChI is InChI=1S/C10H20NO6P/c1-7(2)10(11,9(14)15)4-6-18(16,17)5-3-8(12)13/h7H,3-6,11H2,1-2H3,(H,12,13)(H,14,15)(H,16,17)/t10-/m0/s1. The first-order valence-electron chi connectivity index (χ1n) is 5.56. The van der Waals surface area contributed by atoms with Crippen molar-refractivity contribution in [3.63, 3.8) is 0 Å². The van der Waals surface area contributed by atoms with Crippen molar-refractivity contribution >= 4 is 19.3 Å². The van der Waals surface area contributed by atoms with E-state index in [1.165, 1.54) is 0 Å². The monoisotopic (exact) mass is 281 g/mol. The predicted molar refractivity (Wildman–Crippen MR) is 65.8 cm³/mol. The molecule has 18 heavy (non-hydrogen) atoms. The minimum Gasteiger partial charge on any atom is -0.481 e. The molecule has 7 nitrogen and oxygen atoms in total. The van der Waals surface area contributed by atoms with E-state index in [0.717, 1.165) is 0 Å². The van der Waals surface area contributed by atoms with E-state index in [0.29, 0.717) is 0 Å². The van der Waals surface area contributed by atoms with Crippen molar-refractivity contribution in [2.75, 3.05) is 12.3 Å². The Labute approximate surface area is 105 Å². The normalized spacial score (nSPS) is 18.1. The molecule has 0 saturated heterocycles. The fourth-order valence-electron chi connectivity index (χ4n) is 1.38. The molecule has 0 saturated carbocycles. The van der Waals surface area contributed by atoms with Crippen LogP contribution in [-0.2, 0) is 14.2 Å².